The van der Waals surface area contributed by atoms with Gasteiger partial charge in [-0.15, -0.1) is 11.8 Å². The molecule has 0 amide bonds. The molecule has 2 aromatic carbocycles. The number of thioether (sulfide) groups is 1. The Morgan fingerprint density at radius 1 is 1.05 bits per heavy atom. The molecule has 3 rings (SSSR count). The van der Waals surface area contributed by atoms with Crippen molar-refractivity contribution in [1.82, 2.24) is 4.98 Å². The normalized spacial score (nSPS) is 10.7. The fourth-order valence-corrected chi connectivity index (χ4v) is 2.55. The summed E-state index contributed by atoms with van der Waals surface area (Å²) in [7, 11) is 1.43. The van der Waals surface area contributed by atoms with Crippen molar-refractivity contribution in [2.75, 3.05) is 13.4 Å². The van der Waals surface area contributed by atoms with Crippen molar-refractivity contribution in [1.29, 1.82) is 0 Å². The quantitative estimate of drug-likeness (QED) is 0.641. The zero-order valence-electron chi connectivity index (χ0n) is 12.2. The summed E-state index contributed by atoms with van der Waals surface area (Å²) in [5.41, 5.74) is 0.622. The summed E-state index contributed by atoms with van der Waals surface area (Å²) < 4.78 is 24.8. The van der Waals surface area contributed by atoms with Crippen molar-refractivity contribution in [2.45, 2.75) is 4.90 Å². The Labute approximate surface area is 132 Å². The number of pyridine rings is 1. The van der Waals surface area contributed by atoms with E-state index in [0.29, 0.717) is 22.4 Å². The minimum Gasteiger partial charge on any atom is -0.494 e. The van der Waals surface area contributed by atoms with Crippen molar-refractivity contribution in [2.24, 2.45) is 0 Å². The first-order chi connectivity index (χ1) is 10.7. The fourth-order valence-electron chi connectivity index (χ4n) is 2.14. The van der Waals surface area contributed by atoms with E-state index in [4.69, 9.17) is 9.47 Å². The van der Waals surface area contributed by atoms with Crippen LogP contribution in [0.1, 0.15) is 0 Å². The van der Waals surface area contributed by atoms with Crippen LogP contribution in [-0.2, 0) is 0 Å². The van der Waals surface area contributed by atoms with E-state index in [0.717, 1.165) is 4.90 Å². The lowest BCUT2D eigenvalue weighted by Gasteiger charge is -2.10. The zero-order chi connectivity index (χ0) is 15.5. The molecule has 0 atom stereocenters. The second-order valence-electron chi connectivity index (χ2n) is 4.59. The van der Waals surface area contributed by atoms with E-state index < -0.39 is 5.82 Å². The first-order valence-electron chi connectivity index (χ1n) is 6.65. The van der Waals surface area contributed by atoms with Gasteiger partial charge in [-0.2, -0.15) is 0 Å². The van der Waals surface area contributed by atoms with Gasteiger partial charge >= 0.3 is 0 Å². The van der Waals surface area contributed by atoms with Crippen LogP contribution >= 0.6 is 11.8 Å². The van der Waals surface area contributed by atoms with Crippen LogP contribution in [0.25, 0.3) is 10.9 Å². The Morgan fingerprint density at radius 3 is 2.50 bits per heavy atom. The molecule has 5 heteroatoms. The number of nitrogens with zero attached hydrogens (tertiary/aromatic N) is 1. The summed E-state index contributed by atoms with van der Waals surface area (Å²) in [5, 5.41) is 0.606. The molecule has 0 unspecified atom stereocenters. The number of ether oxygens (including phenoxy) is 2. The van der Waals surface area contributed by atoms with Gasteiger partial charge in [-0.1, -0.05) is 0 Å². The van der Waals surface area contributed by atoms with Crippen LogP contribution in [0.3, 0.4) is 0 Å². The Kier molecular flexibility index (Phi) is 4.15. The molecule has 0 N–H and O–H groups in total. The average molecular weight is 315 g/mol. The number of aromatic nitrogens is 1. The van der Waals surface area contributed by atoms with Gasteiger partial charge in [0.2, 0.25) is 0 Å². The fraction of sp³-hybridized carbons (Fsp3) is 0.118. The van der Waals surface area contributed by atoms with Crippen LogP contribution in [0.15, 0.2) is 53.6 Å². The minimum absolute atomic E-state index is 0.168. The number of hydrogen-bond donors (Lipinski definition) is 0. The minimum atomic E-state index is -0.439. The van der Waals surface area contributed by atoms with E-state index in [1.807, 2.05) is 30.5 Å². The van der Waals surface area contributed by atoms with E-state index in [2.05, 4.69) is 4.98 Å². The molecule has 1 aromatic heterocycles. The Bertz CT molecular complexity index is 806. The molecule has 0 radical (unpaired) electrons. The number of halogens is 1. The summed E-state index contributed by atoms with van der Waals surface area (Å²) in [6.45, 7) is 0. The van der Waals surface area contributed by atoms with Crippen LogP contribution in [0.2, 0.25) is 0 Å². The van der Waals surface area contributed by atoms with Crippen molar-refractivity contribution in [3.05, 3.63) is 54.5 Å². The molecule has 0 fully saturated rings. The summed E-state index contributed by atoms with van der Waals surface area (Å²) >= 11 is 1.66. The predicted octanol–water partition coefficient (Wildman–Crippen LogP) is 4.90. The van der Waals surface area contributed by atoms with Crippen LogP contribution in [0.4, 0.5) is 4.39 Å². The second kappa shape index (κ2) is 6.23. The molecule has 0 aliphatic rings. The largest absolute Gasteiger partial charge is 0.494 e. The summed E-state index contributed by atoms with van der Waals surface area (Å²) in [5.74, 6) is 0.983. The Hall–Kier alpha value is -2.27. The third kappa shape index (κ3) is 2.85. The number of fused-ring (bicyclic) bond motifs is 1. The maximum absolute atomic E-state index is 13.9. The smallest absolute Gasteiger partial charge is 0.165 e. The van der Waals surface area contributed by atoms with Crippen molar-refractivity contribution >= 4 is 22.7 Å². The third-order valence-corrected chi connectivity index (χ3v) is 4.01. The van der Waals surface area contributed by atoms with Crippen LogP contribution in [-0.4, -0.2) is 18.3 Å². The van der Waals surface area contributed by atoms with E-state index >= 15 is 0 Å². The Balaban J connectivity index is 2.00. The molecular weight excluding hydrogens is 301 g/mol. The van der Waals surface area contributed by atoms with Gasteiger partial charge in [0.1, 0.15) is 11.5 Å². The van der Waals surface area contributed by atoms with Crippen molar-refractivity contribution in [3.63, 3.8) is 0 Å². The van der Waals surface area contributed by atoms with Gasteiger partial charge in [-0.25, -0.2) is 4.39 Å². The molecule has 1 heterocycles. The first kappa shape index (κ1) is 14.7. The lowest BCUT2D eigenvalue weighted by Crippen LogP contribution is -1.92. The summed E-state index contributed by atoms with van der Waals surface area (Å²) in [6, 6.07) is 12.4. The van der Waals surface area contributed by atoms with E-state index in [-0.39, 0.29) is 5.75 Å². The molecule has 0 bridgehead atoms. The first-order valence-corrected chi connectivity index (χ1v) is 7.88. The van der Waals surface area contributed by atoms with Crippen molar-refractivity contribution < 1.29 is 13.9 Å². The highest BCUT2D eigenvalue weighted by Gasteiger charge is 2.10. The lowest BCUT2D eigenvalue weighted by atomic mass is 10.2. The van der Waals surface area contributed by atoms with Crippen molar-refractivity contribution in [3.8, 4) is 17.2 Å². The van der Waals surface area contributed by atoms with Crippen LogP contribution in [0, 0.1) is 5.82 Å². The van der Waals surface area contributed by atoms with Gasteiger partial charge < -0.3 is 9.47 Å². The molecule has 112 valence electrons. The predicted molar refractivity (Wildman–Crippen MR) is 86.6 cm³/mol. The van der Waals surface area contributed by atoms with Gasteiger partial charge in [0.25, 0.3) is 0 Å². The summed E-state index contributed by atoms with van der Waals surface area (Å²) in [6.07, 6.45) is 3.65. The number of benzene rings is 2. The van der Waals surface area contributed by atoms with E-state index in [9.17, 15) is 4.39 Å². The van der Waals surface area contributed by atoms with E-state index in [1.54, 1.807) is 30.1 Å². The molecule has 3 aromatic rings. The molecule has 0 saturated heterocycles. The molecule has 0 spiro atoms. The molecular formula is C17H14FNO2S. The molecule has 3 nitrogen and oxygen atoms in total. The Morgan fingerprint density at radius 2 is 1.82 bits per heavy atom. The second-order valence-corrected chi connectivity index (χ2v) is 5.47. The molecule has 22 heavy (non-hydrogen) atoms. The van der Waals surface area contributed by atoms with Gasteiger partial charge in [-0.3, -0.25) is 4.98 Å². The number of methoxy groups -OCH3 is 1. The average Bonchev–Trinajstić information content (AvgIpc) is 2.55. The van der Waals surface area contributed by atoms with E-state index in [1.165, 1.54) is 13.2 Å². The van der Waals surface area contributed by atoms with Gasteiger partial charge in [0, 0.05) is 22.5 Å². The molecule has 0 aliphatic heterocycles. The highest BCUT2D eigenvalue weighted by molar-refractivity contribution is 7.98. The maximum atomic E-state index is 13.9. The van der Waals surface area contributed by atoms with Crippen LogP contribution in [0.5, 0.6) is 17.2 Å². The highest BCUT2D eigenvalue weighted by atomic mass is 32.2. The maximum Gasteiger partial charge on any atom is 0.165 e. The van der Waals surface area contributed by atoms with Crippen LogP contribution < -0.4 is 9.47 Å². The SMILES string of the molecule is COc1cc2nccc(Oc3ccc(SC)cc3)c2cc1F. The van der Waals surface area contributed by atoms with Gasteiger partial charge in [-0.05, 0) is 42.7 Å². The topological polar surface area (TPSA) is 31.4 Å². The zero-order valence-corrected chi connectivity index (χ0v) is 13.0. The molecule has 0 saturated carbocycles. The summed E-state index contributed by atoms with van der Waals surface area (Å²) in [4.78, 5) is 5.39. The highest BCUT2D eigenvalue weighted by Crippen LogP contribution is 2.32. The lowest BCUT2D eigenvalue weighted by molar-refractivity contribution is 0.387. The third-order valence-electron chi connectivity index (χ3n) is 3.26. The van der Waals surface area contributed by atoms with Gasteiger partial charge in [0.05, 0.1) is 12.6 Å². The standard InChI is InChI=1S/C17H14FNO2S/c1-20-17-10-15-13(9-14(17)18)16(7-8-19-15)21-11-3-5-12(22-2)6-4-11/h3-10H,1-2H3. The number of hydrogen-bond acceptors (Lipinski definition) is 4. The monoisotopic (exact) mass is 315 g/mol. The molecule has 0 aliphatic carbocycles. The van der Waals surface area contributed by atoms with Gasteiger partial charge in [0.15, 0.2) is 11.6 Å². The number of rotatable bonds is 4.